The van der Waals surface area contributed by atoms with E-state index >= 15 is 0 Å². The molecule has 0 saturated heterocycles. The molecule has 0 fully saturated rings. The Bertz CT molecular complexity index is 504. The van der Waals surface area contributed by atoms with Crippen LogP contribution in [0.5, 0.6) is 0 Å². The van der Waals surface area contributed by atoms with Crippen LogP contribution in [-0.2, 0) is 0 Å². The minimum atomic E-state index is -0.901. The number of carboxylic acids is 1. The predicted molar refractivity (Wildman–Crippen MR) is 61.7 cm³/mol. The molecule has 3 nitrogen and oxygen atoms in total. The summed E-state index contributed by atoms with van der Waals surface area (Å²) in [4.78, 5) is 14.8. The number of carboxylic acid groups (broad SMARTS) is 1. The van der Waals surface area contributed by atoms with Gasteiger partial charge in [0.2, 0.25) is 0 Å². The summed E-state index contributed by atoms with van der Waals surface area (Å²) >= 11 is 1.55. The maximum Gasteiger partial charge on any atom is 0.353 e. The van der Waals surface area contributed by atoms with E-state index in [-0.39, 0.29) is 0 Å². The van der Waals surface area contributed by atoms with Crippen molar-refractivity contribution >= 4 is 28.6 Å². The fraction of sp³-hybridized carbons (Fsp3) is 0.182. The third-order valence-electron chi connectivity index (χ3n) is 2.16. The first-order valence-corrected chi connectivity index (χ1v) is 5.69. The Hall–Kier alpha value is -1.42. The van der Waals surface area contributed by atoms with E-state index in [1.807, 2.05) is 31.2 Å². The van der Waals surface area contributed by atoms with Gasteiger partial charge in [-0.15, -0.1) is 11.8 Å². The number of aromatic carboxylic acids is 1. The van der Waals surface area contributed by atoms with Crippen molar-refractivity contribution in [3.05, 3.63) is 30.0 Å². The number of hydrogen-bond acceptors (Lipinski definition) is 2. The molecular formula is C11H11NO2S. The number of rotatable bonds is 3. The highest BCUT2D eigenvalue weighted by atomic mass is 32.2. The molecule has 2 aromatic rings. The molecule has 0 spiro atoms. The van der Waals surface area contributed by atoms with Crippen molar-refractivity contribution in [2.24, 2.45) is 0 Å². The van der Waals surface area contributed by atoms with Gasteiger partial charge in [-0.1, -0.05) is 25.1 Å². The molecule has 78 valence electrons. The molecule has 0 radical (unpaired) electrons. The van der Waals surface area contributed by atoms with Gasteiger partial charge in [-0.05, 0) is 11.8 Å². The summed E-state index contributed by atoms with van der Waals surface area (Å²) in [5.41, 5.74) is 1.17. The Morgan fingerprint density at radius 2 is 2.20 bits per heavy atom. The fourth-order valence-electron chi connectivity index (χ4n) is 1.56. The molecule has 4 heteroatoms. The number of aromatic nitrogens is 1. The number of carbonyl (C=O) groups is 1. The van der Waals surface area contributed by atoms with Gasteiger partial charge in [0.1, 0.15) is 5.69 Å². The van der Waals surface area contributed by atoms with E-state index in [1.165, 1.54) is 0 Å². The van der Waals surface area contributed by atoms with Crippen molar-refractivity contribution < 1.29 is 9.90 Å². The lowest BCUT2D eigenvalue weighted by molar-refractivity contribution is 0.0688. The fourth-order valence-corrected chi connectivity index (χ4v) is 2.47. The van der Waals surface area contributed by atoms with E-state index in [2.05, 4.69) is 4.98 Å². The van der Waals surface area contributed by atoms with Crippen LogP contribution in [0, 0.1) is 0 Å². The molecule has 1 aromatic heterocycles. The summed E-state index contributed by atoms with van der Waals surface area (Å²) in [5, 5.41) is 10.0. The van der Waals surface area contributed by atoms with Crippen LogP contribution in [0.1, 0.15) is 17.4 Å². The number of H-pyrrole nitrogens is 1. The van der Waals surface area contributed by atoms with Crippen LogP contribution < -0.4 is 0 Å². The molecule has 2 rings (SSSR count). The molecule has 2 N–H and O–H groups in total. The average Bonchev–Trinajstić information content (AvgIpc) is 2.58. The van der Waals surface area contributed by atoms with E-state index in [0.29, 0.717) is 5.69 Å². The van der Waals surface area contributed by atoms with Crippen LogP contribution in [0.2, 0.25) is 0 Å². The third kappa shape index (κ3) is 1.72. The van der Waals surface area contributed by atoms with Crippen molar-refractivity contribution in [2.45, 2.75) is 11.8 Å². The molecule has 1 aromatic carbocycles. The second-order valence-corrected chi connectivity index (χ2v) is 4.39. The van der Waals surface area contributed by atoms with E-state index in [0.717, 1.165) is 21.6 Å². The smallest absolute Gasteiger partial charge is 0.353 e. The second-order valence-electron chi connectivity index (χ2n) is 3.11. The molecule has 0 bridgehead atoms. The molecular weight excluding hydrogens is 210 g/mol. The Morgan fingerprint density at radius 1 is 1.47 bits per heavy atom. The van der Waals surface area contributed by atoms with Crippen LogP contribution >= 0.6 is 11.8 Å². The molecule has 15 heavy (non-hydrogen) atoms. The highest BCUT2D eigenvalue weighted by Crippen LogP contribution is 2.31. The molecule has 0 aliphatic heterocycles. The van der Waals surface area contributed by atoms with Gasteiger partial charge in [-0.25, -0.2) is 4.79 Å². The molecule has 0 aliphatic rings. The molecule has 0 atom stereocenters. The van der Waals surface area contributed by atoms with Gasteiger partial charge in [0.05, 0.1) is 0 Å². The van der Waals surface area contributed by atoms with Gasteiger partial charge in [0, 0.05) is 15.8 Å². The van der Waals surface area contributed by atoms with E-state index in [4.69, 9.17) is 5.11 Å². The SMILES string of the molecule is CCSc1c(C(=O)O)[nH]c2ccccc12. The van der Waals surface area contributed by atoms with Crippen LogP contribution in [0.4, 0.5) is 0 Å². The predicted octanol–water partition coefficient (Wildman–Crippen LogP) is 2.98. The van der Waals surface area contributed by atoms with Crippen LogP contribution in [-0.4, -0.2) is 21.8 Å². The highest BCUT2D eigenvalue weighted by molar-refractivity contribution is 7.99. The van der Waals surface area contributed by atoms with Crippen molar-refractivity contribution in [2.75, 3.05) is 5.75 Å². The lowest BCUT2D eigenvalue weighted by Crippen LogP contribution is -1.97. The number of fused-ring (bicyclic) bond motifs is 1. The number of hydrogen-bond donors (Lipinski definition) is 2. The van der Waals surface area contributed by atoms with E-state index in [1.54, 1.807) is 11.8 Å². The number of aromatic amines is 1. The van der Waals surface area contributed by atoms with Crippen molar-refractivity contribution in [3.63, 3.8) is 0 Å². The zero-order valence-corrected chi connectivity index (χ0v) is 9.10. The summed E-state index contributed by atoms with van der Waals surface area (Å²) in [6, 6.07) is 7.64. The van der Waals surface area contributed by atoms with E-state index in [9.17, 15) is 4.79 Å². The van der Waals surface area contributed by atoms with Crippen LogP contribution in [0.3, 0.4) is 0 Å². The Kier molecular flexibility index (Phi) is 2.68. The zero-order chi connectivity index (χ0) is 10.8. The molecule has 0 aliphatic carbocycles. The highest BCUT2D eigenvalue weighted by Gasteiger charge is 2.16. The lowest BCUT2D eigenvalue weighted by atomic mass is 10.2. The van der Waals surface area contributed by atoms with Gasteiger partial charge in [-0.2, -0.15) is 0 Å². The Morgan fingerprint density at radius 3 is 2.87 bits per heavy atom. The monoisotopic (exact) mass is 221 g/mol. The number of para-hydroxylation sites is 1. The Balaban J connectivity index is 2.68. The maximum atomic E-state index is 11.0. The summed E-state index contributed by atoms with van der Waals surface area (Å²) in [6.07, 6.45) is 0. The topological polar surface area (TPSA) is 53.1 Å². The Labute approximate surface area is 91.5 Å². The zero-order valence-electron chi connectivity index (χ0n) is 8.28. The lowest BCUT2D eigenvalue weighted by Gasteiger charge is -1.97. The normalized spacial score (nSPS) is 10.7. The van der Waals surface area contributed by atoms with Gasteiger partial charge in [-0.3, -0.25) is 0 Å². The quantitative estimate of drug-likeness (QED) is 0.783. The summed E-state index contributed by atoms with van der Waals surface area (Å²) < 4.78 is 0. The minimum absolute atomic E-state index is 0.294. The van der Waals surface area contributed by atoms with Crippen molar-refractivity contribution in [1.82, 2.24) is 4.98 Å². The van der Waals surface area contributed by atoms with Gasteiger partial charge >= 0.3 is 5.97 Å². The number of thioether (sulfide) groups is 1. The average molecular weight is 221 g/mol. The standard InChI is InChI=1S/C11H11NO2S/c1-2-15-10-7-5-3-4-6-8(7)12-9(10)11(13)14/h3-6,12H,2H2,1H3,(H,13,14). The van der Waals surface area contributed by atoms with Crippen LogP contribution in [0.25, 0.3) is 10.9 Å². The maximum absolute atomic E-state index is 11.0. The third-order valence-corrected chi connectivity index (χ3v) is 3.16. The summed E-state index contributed by atoms with van der Waals surface area (Å²) in [5.74, 6) is -0.0376. The number of benzene rings is 1. The summed E-state index contributed by atoms with van der Waals surface area (Å²) in [6.45, 7) is 2.01. The molecule has 0 unspecified atom stereocenters. The van der Waals surface area contributed by atoms with Gasteiger partial charge < -0.3 is 10.1 Å². The minimum Gasteiger partial charge on any atom is -0.477 e. The largest absolute Gasteiger partial charge is 0.477 e. The first kappa shape index (κ1) is 10.1. The van der Waals surface area contributed by atoms with Gasteiger partial charge in [0.15, 0.2) is 0 Å². The van der Waals surface area contributed by atoms with Crippen LogP contribution in [0.15, 0.2) is 29.2 Å². The number of nitrogens with one attached hydrogen (secondary N) is 1. The first-order valence-electron chi connectivity index (χ1n) is 4.70. The molecule has 0 saturated carbocycles. The van der Waals surface area contributed by atoms with E-state index < -0.39 is 5.97 Å². The van der Waals surface area contributed by atoms with Gasteiger partial charge in [0.25, 0.3) is 0 Å². The van der Waals surface area contributed by atoms with Crippen molar-refractivity contribution in [1.29, 1.82) is 0 Å². The second kappa shape index (κ2) is 3.98. The van der Waals surface area contributed by atoms with Crippen molar-refractivity contribution in [3.8, 4) is 0 Å². The first-order chi connectivity index (χ1) is 7.24. The summed E-state index contributed by atoms with van der Waals surface area (Å²) in [7, 11) is 0. The molecule has 1 heterocycles. The molecule has 0 amide bonds.